The van der Waals surface area contributed by atoms with Crippen molar-refractivity contribution in [2.24, 2.45) is 0 Å². The fourth-order valence-corrected chi connectivity index (χ4v) is 4.22. The summed E-state index contributed by atoms with van der Waals surface area (Å²) in [6.07, 6.45) is 7.38. The van der Waals surface area contributed by atoms with Gasteiger partial charge in [-0.15, -0.1) is 0 Å². The van der Waals surface area contributed by atoms with E-state index in [1.807, 2.05) is 6.92 Å². The fourth-order valence-electron chi connectivity index (χ4n) is 4.22. The minimum absolute atomic E-state index is 0.201. The molecule has 2 aliphatic carbocycles. The standard InChI is InChI=1S/C17H22O3/c1-11-10-14(18)15(13-7-3-2-6-12(11)13)17(16(19)20)8-4-5-9-17/h10,18H,2-9H2,1H3,(H,19,20). The van der Waals surface area contributed by atoms with Crippen molar-refractivity contribution in [1.82, 2.24) is 0 Å². The number of carboxylic acid groups (broad SMARTS) is 1. The summed E-state index contributed by atoms with van der Waals surface area (Å²) in [6.45, 7) is 2.02. The smallest absolute Gasteiger partial charge is 0.314 e. The van der Waals surface area contributed by atoms with Gasteiger partial charge >= 0.3 is 5.97 Å². The van der Waals surface area contributed by atoms with Crippen molar-refractivity contribution in [1.29, 1.82) is 0 Å². The van der Waals surface area contributed by atoms with Gasteiger partial charge in [0.05, 0.1) is 5.41 Å². The summed E-state index contributed by atoms with van der Waals surface area (Å²) in [7, 11) is 0. The van der Waals surface area contributed by atoms with Crippen LogP contribution in [-0.4, -0.2) is 16.2 Å². The Kier molecular flexibility index (Phi) is 3.23. The van der Waals surface area contributed by atoms with Gasteiger partial charge in [-0.1, -0.05) is 12.8 Å². The molecule has 0 bridgehead atoms. The number of rotatable bonds is 2. The highest BCUT2D eigenvalue weighted by Crippen LogP contribution is 2.48. The summed E-state index contributed by atoms with van der Waals surface area (Å²) in [4.78, 5) is 11.9. The van der Waals surface area contributed by atoms with Gasteiger partial charge in [0.15, 0.2) is 0 Å². The van der Waals surface area contributed by atoms with Crippen molar-refractivity contribution in [3.63, 3.8) is 0 Å². The third-order valence-corrected chi connectivity index (χ3v) is 5.20. The maximum absolute atomic E-state index is 11.9. The van der Waals surface area contributed by atoms with E-state index >= 15 is 0 Å². The number of carboxylic acids is 1. The molecule has 2 N–H and O–H groups in total. The number of phenols is 1. The van der Waals surface area contributed by atoms with E-state index in [0.717, 1.165) is 55.2 Å². The molecule has 0 atom stereocenters. The van der Waals surface area contributed by atoms with Crippen LogP contribution in [0.3, 0.4) is 0 Å². The Bertz CT molecular complexity index is 554. The summed E-state index contributed by atoms with van der Waals surface area (Å²) in [5.41, 5.74) is 3.43. The number of aryl methyl sites for hydroxylation is 1. The highest BCUT2D eigenvalue weighted by molar-refractivity contribution is 5.84. The van der Waals surface area contributed by atoms with Gasteiger partial charge in [-0.3, -0.25) is 4.79 Å². The van der Waals surface area contributed by atoms with Crippen molar-refractivity contribution < 1.29 is 15.0 Å². The second-order valence-electron chi connectivity index (χ2n) is 6.35. The Morgan fingerprint density at radius 1 is 1.10 bits per heavy atom. The number of phenolic OH excluding ortho intramolecular Hbond substituents is 1. The highest BCUT2D eigenvalue weighted by atomic mass is 16.4. The van der Waals surface area contributed by atoms with Crippen LogP contribution >= 0.6 is 0 Å². The third kappa shape index (κ3) is 1.83. The van der Waals surface area contributed by atoms with Gasteiger partial charge in [-0.2, -0.15) is 0 Å². The van der Waals surface area contributed by atoms with E-state index in [0.29, 0.717) is 12.8 Å². The molecule has 0 aliphatic heterocycles. The summed E-state index contributed by atoms with van der Waals surface area (Å²) in [5, 5.41) is 20.3. The Morgan fingerprint density at radius 3 is 2.30 bits per heavy atom. The SMILES string of the molecule is Cc1cc(O)c(C2(C(=O)O)CCCC2)c2c1CCCC2. The zero-order chi connectivity index (χ0) is 14.3. The first-order valence-corrected chi connectivity index (χ1v) is 7.64. The zero-order valence-corrected chi connectivity index (χ0v) is 12.0. The van der Waals surface area contributed by atoms with Crippen molar-refractivity contribution in [3.05, 3.63) is 28.3 Å². The normalized spacial score (nSPS) is 20.6. The van der Waals surface area contributed by atoms with Gasteiger partial charge in [0, 0.05) is 5.56 Å². The first kappa shape index (κ1) is 13.5. The van der Waals surface area contributed by atoms with E-state index in [1.54, 1.807) is 6.07 Å². The molecule has 0 heterocycles. The molecule has 1 aromatic rings. The molecule has 1 aromatic carbocycles. The molecule has 20 heavy (non-hydrogen) atoms. The van der Waals surface area contributed by atoms with Gasteiger partial charge in [-0.05, 0) is 68.2 Å². The molecular weight excluding hydrogens is 252 g/mol. The second kappa shape index (κ2) is 4.80. The van der Waals surface area contributed by atoms with Crippen LogP contribution in [0.5, 0.6) is 5.75 Å². The minimum Gasteiger partial charge on any atom is -0.508 e. The monoisotopic (exact) mass is 274 g/mol. The Hall–Kier alpha value is -1.51. The average Bonchev–Trinajstić information content (AvgIpc) is 2.89. The number of benzene rings is 1. The highest BCUT2D eigenvalue weighted by Gasteiger charge is 2.46. The number of carbonyl (C=O) groups is 1. The van der Waals surface area contributed by atoms with Crippen LogP contribution in [0, 0.1) is 6.92 Å². The molecule has 3 heteroatoms. The van der Waals surface area contributed by atoms with Gasteiger partial charge < -0.3 is 10.2 Å². The quantitative estimate of drug-likeness (QED) is 0.868. The molecule has 3 rings (SSSR count). The average molecular weight is 274 g/mol. The molecule has 0 aromatic heterocycles. The molecule has 2 aliphatic rings. The molecule has 108 valence electrons. The van der Waals surface area contributed by atoms with Crippen LogP contribution in [0.4, 0.5) is 0 Å². The fraction of sp³-hybridized carbons (Fsp3) is 0.588. The first-order chi connectivity index (χ1) is 9.56. The molecule has 3 nitrogen and oxygen atoms in total. The topological polar surface area (TPSA) is 57.5 Å². The van der Waals surface area contributed by atoms with E-state index in [1.165, 1.54) is 5.56 Å². The zero-order valence-electron chi connectivity index (χ0n) is 12.0. The maximum Gasteiger partial charge on any atom is 0.314 e. The molecular formula is C17H22O3. The van der Waals surface area contributed by atoms with Crippen LogP contribution in [0.2, 0.25) is 0 Å². The third-order valence-electron chi connectivity index (χ3n) is 5.20. The summed E-state index contributed by atoms with van der Waals surface area (Å²) >= 11 is 0. The number of aliphatic carboxylic acids is 1. The molecule has 0 saturated heterocycles. The number of fused-ring (bicyclic) bond motifs is 1. The molecule has 0 unspecified atom stereocenters. The van der Waals surface area contributed by atoms with Crippen LogP contribution in [-0.2, 0) is 23.1 Å². The maximum atomic E-state index is 11.9. The van der Waals surface area contributed by atoms with Crippen molar-refractivity contribution in [3.8, 4) is 5.75 Å². The molecule has 0 spiro atoms. The summed E-state index contributed by atoms with van der Waals surface area (Å²) in [5.74, 6) is -0.561. The summed E-state index contributed by atoms with van der Waals surface area (Å²) in [6, 6.07) is 1.78. The van der Waals surface area contributed by atoms with E-state index < -0.39 is 11.4 Å². The number of aromatic hydroxyl groups is 1. The first-order valence-electron chi connectivity index (χ1n) is 7.64. The Labute approximate surface area is 119 Å². The van der Waals surface area contributed by atoms with Gasteiger partial charge in [0.1, 0.15) is 5.75 Å². The second-order valence-corrected chi connectivity index (χ2v) is 6.35. The van der Waals surface area contributed by atoms with Gasteiger partial charge in [0.25, 0.3) is 0 Å². The molecule has 1 fully saturated rings. The van der Waals surface area contributed by atoms with Gasteiger partial charge in [-0.25, -0.2) is 0 Å². The van der Waals surface area contributed by atoms with E-state index in [9.17, 15) is 15.0 Å². The van der Waals surface area contributed by atoms with Crippen molar-refractivity contribution in [2.75, 3.05) is 0 Å². The molecule has 1 saturated carbocycles. The van der Waals surface area contributed by atoms with E-state index in [-0.39, 0.29) is 5.75 Å². The lowest BCUT2D eigenvalue weighted by Gasteiger charge is -2.32. The van der Waals surface area contributed by atoms with Crippen molar-refractivity contribution in [2.45, 2.75) is 63.7 Å². The predicted octanol–water partition coefficient (Wildman–Crippen LogP) is 3.48. The summed E-state index contributed by atoms with van der Waals surface area (Å²) < 4.78 is 0. The van der Waals surface area contributed by atoms with E-state index in [4.69, 9.17) is 0 Å². The minimum atomic E-state index is -0.848. The van der Waals surface area contributed by atoms with Crippen LogP contribution in [0.25, 0.3) is 0 Å². The van der Waals surface area contributed by atoms with Crippen LogP contribution in [0.1, 0.15) is 60.8 Å². The van der Waals surface area contributed by atoms with E-state index in [2.05, 4.69) is 0 Å². The lowest BCUT2D eigenvalue weighted by molar-refractivity contribution is -0.143. The van der Waals surface area contributed by atoms with Crippen LogP contribution in [0.15, 0.2) is 6.07 Å². The Balaban J connectivity index is 2.25. The molecule has 0 radical (unpaired) electrons. The number of hydrogen-bond acceptors (Lipinski definition) is 2. The van der Waals surface area contributed by atoms with Crippen LogP contribution < -0.4 is 0 Å². The lowest BCUT2D eigenvalue weighted by Crippen LogP contribution is -2.34. The lowest BCUT2D eigenvalue weighted by atomic mass is 9.72. The van der Waals surface area contributed by atoms with Crippen molar-refractivity contribution >= 4 is 5.97 Å². The largest absolute Gasteiger partial charge is 0.508 e. The number of hydrogen-bond donors (Lipinski definition) is 2. The molecule has 0 amide bonds. The predicted molar refractivity (Wildman–Crippen MR) is 77.3 cm³/mol. The van der Waals surface area contributed by atoms with Gasteiger partial charge in [0.2, 0.25) is 0 Å². The Morgan fingerprint density at radius 2 is 1.70 bits per heavy atom.